The number of carboxylic acid groups (broad SMARTS) is 1. The molecule has 19 heavy (non-hydrogen) atoms. The fourth-order valence-electron chi connectivity index (χ4n) is 1.51. The lowest BCUT2D eigenvalue weighted by Crippen LogP contribution is -2.14. The van der Waals surface area contributed by atoms with Crippen molar-refractivity contribution in [3.63, 3.8) is 0 Å². The monoisotopic (exact) mass is 261 g/mol. The highest BCUT2D eigenvalue weighted by Crippen LogP contribution is 2.12. The Morgan fingerprint density at radius 2 is 2.21 bits per heavy atom. The van der Waals surface area contributed by atoms with Gasteiger partial charge in [0.05, 0.1) is 6.42 Å². The summed E-state index contributed by atoms with van der Waals surface area (Å²) in [6.45, 7) is 1.58. The van der Waals surface area contributed by atoms with Crippen LogP contribution in [0.4, 0.5) is 5.69 Å². The first-order chi connectivity index (χ1) is 9.04. The number of anilines is 1. The highest BCUT2D eigenvalue weighted by atomic mass is 16.5. The number of rotatable bonds is 4. The standard InChI is InChI=1S/C12H11N3O4/c1-7-13-11(15-19-7)12(18)14-9-4-2-3-8(5-9)6-10(16)17/h2-5H,6H2,1H3,(H,14,18)(H,16,17). The number of carbonyl (C=O) groups excluding carboxylic acids is 1. The molecule has 0 bridgehead atoms. The van der Waals surface area contributed by atoms with E-state index < -0.39 is 11.9 Å². The predicted octanol–water partition coefficient (Wildman–Crippen LogP) is 1.26. The van der Waals surface area contributed by atoms with Gasteiger partial charge in [-0.2, -0.15) is 4.98 Å². The van der Waals surface area contributed by atoms with E-state index in [2.05, 4.69) is 15.5 Å². The third kappa shape index (κ3) is 3.38. The van der Waals surface area contributed by atoms with Crippen LogP contribution in [-0.4, -0.2) is 27.1 Å². The van der Waals surface area contributed by atoms with E-state index >= 15 is 0 Å². The summed E-state index contributed by atoms with van der Waals surface area (Å²) in [5.41, 5.74) is 1.07. The molecule has 7 nitrogen and oxygen atoms in total. The van der Waals surface area contributed by atoms with Gasteiger partial charge in [-0.05, 0) is 17.7 Å². The maximum atomic E-state index is 11.7. The number of hydrogen-bond donors (Lipinski definition) is 2. The molecule has 0 saturated carbocycles. The number of aliphatic carboxylic acids is 1. The normalized spacial score (nSPS) is 10.2. The minimum Gasteiger partial charge on any atom is -0.481 e. The van der Waals surface area contributed by atoms with Gasteiger partial charge in [-0.3, -0.25) is 9.59 Å². The molecule has 1 amide bonds. The van der Waals surface area contributed by atoms with Crippen molar-refractivity contribution in [2.75, 3.05) is 5.32 Å². The Morgan fingerprint density at radius 3 is 2.84 bits per heavy atom. The third-order valence-corrected chi connectivity index (χ3v) is 2.27. The van der Waals surface area contributed by atoms with Gasteiger partial charge in [-0.15, -0.1) is 0 Å². The zero-order chi connectivity index (χ0) is 13.8. The maximum absolute atomic E-state index is 11.7. The lowest BCUT2D eigenvalue weighted by Gasteiger charge is -2.04. The van der Waals surface area contributed by atoms with Crippen LogP contribution in [0.2, 0.25) is 0 Å². The summed E-state index contributed by atoms with van der Waals surface area (Å²) in [5.74, 6) is -1.22. The van der Waals surface area contributed by atoms with Gasteiger partial charge in [-0.1, -0.05) is 17.3 Å². The number of amides is 1. The van der Waals surface area contributed by atoms with Crippen molar-refractivity contribution < 1.29 is 19.2 Å². The minimum atomic E-state index is -0.933. The number of carboxylic acids is 1. The van der Waals surface area contributed by atoms with E-state index in [1.165, 1.54) is 0 Å². The number of benzene rings is 1. The summed E-state index contributed by atoms with van der Waals surface area (Å²) in [6, 6.07) is 6.56. The van der Waals surface area contributed by atoms with E-state index in [0.717, 1.165) is 0 Å². The lowest BCUT2D eigenvalue weighted by molar-refractivity contribution is -0.136. The zero-order valence-corrected chi connectivity index (χ0v) is 10.1. The molecule has 1 heterocycles. The molecule has 0 atom stereocenters. The van der Waals surface area contributed by atoms with E-state index in [1.807, 2.05) is 0 Å². The van der Waals surface area contributed by atoms with Crippen LogP contribution < -0.4 is 5.32 Å². The molecule has 2 rings (SSSR count). The molecule has 1 aromatic heterocycles. The molecule has 0 aliphatic carbocycles. The van der Waals surface area contributed by atoms with Crippen molar-refractivity contribution in [1.82, 2.24) is 10.1 Å². The highest BCUT2D eigenvalue weighted by molar-refractivity contribution is 6.01. The Hall–Kier alpha value is -2.70. The molecule has 0 saturated heterocycles. The summed E-state index contributed by atoms with van der Waals surface area (Å²) >= 11 is 0. The van der Waals surface area contributed by atoms with Crippen LogP contribution in [0.15, 0.2) is 28.8 Å². The van der Waals surface area contributed by atoms with Crippen molar-refractivity contribution in [3.8, 4) is 0 Å². The number of aromatic nitrogens is 2. The third-order valence-electron chi connectivity index (χ3n) is 2.27. The first kappa shape index (κ1) is 12.7. The predicted molar refractivity (Wildman–Crippen MR) is 64.8 cm³/mol. The van der Waals surface area contributed by atoms with Crippen LogP contribution in [0.25, 0.3) is 0 Å². The second kappa shape index (κ2) is 5.30. The van der Waals surface area contributed by atoms with Crippen LogP contribution in [0.1, 0.15) is 22.1 Å². The van der Waals surface area contributed by atoms with Crippen molar-refractivity contribution >= 4 is 17.6 Å². The number of aryl methyl sites for hydroxylation is 1. The molecule has 0 aliphatic heterocycles. The quantitative estimate of drug-likeness (QED) is 0.858. The molecule has 0 radical (unpaired) electrons. The van der Waals surface area contributed by atoms with Gasteiger partial charge in [0.15, 0.2) is 0 Å². The fourth-order valence-corrected chi connectivity index (χ4v) is 1.51. The molecular formula is C12H11N3O4. The SMILES string of the molecule is Cc1nc(C(=O)Nc2cccc(CC(=O)O)c2)no1. The Bertz CT molecular complexity index is 621. The van der Waals surface area contributed by atoms with Gasteiger partial charge in [0, 0.05) is 12.6 Å². The van der Waals surface area contributed by atoms with Crippen molar-refractivity contribution in [2.45, 2.75) is 13.3 Å². The summed E-state index contributed by atoms with van der Waals surface area (Å²) in [4.78, 5) is 26.1. The molecule has 98 valence electrons. The Labute approximate surface area is 108 Å². The average molecular weight is 261 g/mol. The first-order valence-electron chi connectivity index (χ1n) is 5.47. The molecule has 0 aliphatic rings. The molecule has 0 spiro atoms. The van der Waals surface area contributed by atoms with E-state index in [1.54, 1.807) is 31.2 Å². The smallest absolute Gasteiger partial charge is 0.307 e. The van der Waals surface area contributed by atoms with Crippen molar-refractivity contribution in [1.29, 1.82) is 0 Å². The van der Waals surface area contributed by atoms with Crippen LogP contribution in [-0.2, 0) is 11.2 Å². The number of carbonyl (C=O) groups is 2. The van der Waals surface area contributed by atoms with Crippen LogP contribution in [0.3, 0.4) is 0 Å². The zero-order valence-electron chi connectivity index (χ0n) is 10.1. The largest absolute Gasteiger partial charge is 0.481 e. The topological polar surface area (TPSA) is 105 Å². The number of nitrogens with one attached hydrogen (secondary N) is 1. The fraction of sp³-hybridized carbons (Fsp3) is 0.167. The lowest BCUT2D eigenvalue weighted by atomic mass is 10.1. The summed E-state index contributed by atoms with van der Waals surface area (Å²) in [7, 11) is 0. The summed E-state index contributed by atoms with van der Waals surface area (Å²) < 4.78 is 4.70. The summed E-state index contributed by atoms with van der Waals surface area (Å²) in [5, 5.41) is 14.8. The highest BCUT2D eigenvalue weighted by Gasteiger charge is 2.13. The first-order valence-corrected chi connectivity index (χ1v) is 5.47. The summed E-state index contributed by atoms with van der Waals surface area (Å²) in [6.07, 6.45) is -0.106. The van der Waals surface area contributed by atoms with Gasteiger partial charge in [0.25, 0.3) is 11.7 Å². The van der Waals surface area contributed by atoms with Crippen LogP contribution in [0, 0.1) is 6.92 Å². The van der Waals surface area contributed by atoms with Crippen LogP contribution >= 0.6 is 0 Å². The van der Waals surface area contributed by atoms with E-state index in [0.29, 0.717) is 17.1 Å². The van der Waals surface area contributed by atoms with Gasteiger partial charge in [-0.25, -0.2) is 0 Å². The second-order valence-electron chi connectivity index (χ2n) is 3.86. The van der Waals surface area contributed by atoms with Gasteiger partial charge in [0.1, 0.15) is 0 Å². The van der Waals surface area contributed by atoms with E-state index in [-0.39, 0.29) is 12.2 Å². The van der Waals surface area contributed by atoms with Crippen molar-refractivity contribution in [3.05, 3.63) is 41.5 Å². The Balaban J connectivity index is 2.10. The number of hydrogen-bond acceptors (Lipinski definition) is 5. The van der Waals surface area contributed by atoms with Gasteiger partial charge < -0.3 is 14.9 Å². The molecule has 2 N–H and O–H groups in total. The molecule has 2 aromatic rings. The second-order valence-corrected chi connectivity index (χ2v) is 3.86. The molecule has 1 aromatic carbocycles. The molecule has 7 heteroatoms. The van der Waals surface area contributed by atoms with Gasteiger partial charge in [0.2, 0.25) is 5.89 Å². The Morgan fingerprint density at radius 1 is 1.42 bits per heavy atom. The van der Waals surface area contributed by atoms with E-state index in [9.17, 15) is 9.59 Å². The molecular weight excluding hydrogens is 250 g/mol. The molecule has 0 fully saturated rings. The van der Waals surface area contributed by atoms with Gasteiger partial charge >= 0.3 is 5.97 Å². The van der Waals surface area contributed by atoms with Crippen LogP contribution in [0.5, 0.6) is 0 Å². The van der Waals surface area contributed by atoms with E-state index in [4.69, 9.17) is 9.63 Å². The minimum absolute atomic E-state index is 0.0684. The molecule has 0 unspecified atom stereocenters. The maximum Gasteiger partial charge on any atom is 0.307 e. The average Bonchev–Trinajstić information content (AvgIpc) is 2.75. The number of nitrogens with zero attached hydrogens (tertiary/aromatic N) is 2. The van der Waals surface area contributed by atoms with Crippen molar-refractivity contribution in [2.24, 2.45) is 0 Å². The Kier molecular flexibility index (Phi) is 3.56.